The van der Waals surface area contributed by atoms with Crippen molar-refractivity contribution in [3.05, 3.63) is 35.4 Å². The van der Waals surface area contributed by atoms with E-state index in [1.807, 2.05) is 0 Å². The second kappa shape index (κ2) is 2.90. The van der Waals surface area contributed by atoms with Crippen LogP contribution in [0.1, 0.15) is 17.5 Å². The predicted octanol–water partition coefficient (Wildman–Crippen LogP) is 2.47. The molecule has 1 aromatic rings. The Morgan fingerprint density at radius 2 is 1.91 bits per heavy atom. The molecule has 1 aliphatic rings. The third-order valence-corrected chi connectivity index (χ3v) is 2.76. The van der Waals surface area contributed by atoms with Gasteiger partial charge < -0.3 is 0 Å². The van der Waals surface area contributed by atoms with Gasteiger partial charge in [0.25, 0.3) is 0 Å². The van der Waals surface area contributed by atoms with Gasteiger partial charge in [-0.2, -0.15) is 12.6 Å². The van der Waals surface area contributed by atoms with Crippen molar-refractivity contribution in [3.63, 3.8) is 0 Å². The van der Waals surface area contributed by atoms with E-state index in [2.05, 4.69) is 36.9 Å². The monoisotopic (exact) mass is 164 g/mol. The van der Waals surface area contributed by atoms with Crippen LogP contribution >= 0.6 is 12.6 Å². The average molecular weight is 164 g/mol. The number of hydrogen-bond donors (Lipinski definition) is 1. The van der Waals surface area contributed by atoms with Gasteiger partial charge in [0.15, 0.2) is 0 Å². The first-order chi connectivity index (χ1) is 5.36. The average Bonchev–Trinajstić information content (AvgIpc) is 2.04. The van der Waals surface area contributed by atoms with Gasteiger partial charge in [-0.15, -0.1) is 0 Å². The van der Waals surface area contributed by atoms with Crippen molar-refractivity contribution in [2.45, 2.75) is 24.5 Å². The highest BCUT2D eigenvalue weighted by Gasteiger charge is 2.13. The van der Waals surface area contributed by atoms with Gasteiger partial charge in [0.1, 0.15) is 0 Å². The molecule has 0 bridgehead atoms. The van der Waals surface area contributed by atoms with E-state index in [0.717, 1.165) is 6.42 Å². The van der Waals surface area contributed by atoms with E-state index < -0.39 is 0 Å². The molecular formula is C10H12S. The van der Waals surface area contributed by atoms with E-state index in [1.54, 1.807) is 0 Å². The SMILES string of the molecule is S[C@@H]1CCc2ccccc2C1. The van der Waals surface area contributed by atoms with Crippen LogP contribution in [-0.4, -0.2) is 5.25 Å². The summed E-state index contributed by atoms with van der Waals surface area (Å²) in [6, 6.07) is 8.69. The molecule has 0 saturated heterocycles. The Kier molecular flexibility index (Phi) is 1.91. The molecule has 58 valence electrons. The Morgan fingerprint density at radius 1 is 1.18 bits per heavy atom. The van der Waals surface area contributed by atoms with Gasteiger partial charge in [-0.3, -0.25) is 0 Å². The molecule has 0 heterocycles. The lowest BCUT2D eigenvalue weighted by atomic mass is 9.92. The quantitative estimate of drug-likeness (QED) is 0.559. The lowest BCUT2D eigenvalue weighted by molar-refractivity contribution is 0.706. The van der Waals surface area contributed by atoms with E-state index in [9.17, 15) is 0 Å². The van der Waals surface area contributed by atoms with Crippen LogP contribution < -0.4 is 0 Å². The van der Waals surface area contributed by atoms with Gasteiger partial charge in [-0.1, -0.05) is 24.3 Å². The molecule has 0 aliphatic heterocycles. The van der Waals surface area contributed by atoms with E-state index in [-0.39, 0.29) is 0 Å². The fourth-order valence-corrected chi connectivity index (χ4v) is 2.00. The normalized spacial score (nSPS) is 22.8. The summed E-state index contributed by atoms with van der Waals surface area (Å²) in [6.07, 6.45) is 3.60. The van der Waals surface area contributed by atoms with Gasteiger partial charge in [0, 0.05) is 5.25 Å². The summed E-state index contributed by atoms with van der Waals surface area (Å²) in [6.45, 7) is 0. The van der Waals surface area contributed by atoms with E-state index in [1.165, 1.54) is 24.0 Å². The highest BCUT2D eigenvalue weighted by molar-refractivity contribution is 7.80. The molecule has 1 atom stereocenters. The molecule has 0 radical (unpaired) electrons. The molecule has 0 amide bonds. The summed E-state index contributed by atoms with van der Waals surface area (Å²) < 4.78 is 0. The Balaban J connectivity index is 2.34. The zero-order chi connectivity index (χ0) is 7.68. The number of benzene rings is 1. The molecule has 0 fully saturated rings. The molecule has 0 saturated carbocycles. The second-order valence-electron chi connectivity index (χ2n) is 3.17. The van der Waals surface area contributed by atoms with Crippen LogP contribution in [0.2, 0.25) is 0 Å². The predicted molar refractivity (Wildman–Crippen MR) is 51.2 cm³/mol. The van der Waals surface area contributed by atoms with Gasteiger partial charge >= 0.3 is 0 Å². The molecule has 1 heteroatoms. The number of rotatable bonds is 0. The third kappa shape index (κ3) is 1.43. The summed E-state index contributed by atoms with van der Waals surface area (Å²) in [7, 11) is 0. The van der Waals surface area contributed by atoms with Gasteiger partial charge in [-0.05, 0) is 30.4 Å². The molecular weight excluding hydrogens is 152 g/mol. The summed E-state index contributed by atoms with van der Waals surface area (Å²) in [5.74, 6) is 0. The van der Waals surface area contributed by atoms with Crippen LogP contribution in [0.4, 0.5) is 0 Å². The second-order valence-corrected chi connectivity index (χ2v) is 3.90. The molecule has 11 heavy (non-hydrogen) atoms. The van der Waals surface area contributed by atoms with Crippen molar-refractivity contribution in [2.24, 2.45) is 0 Å². The zero-order valence-corrected chi connectivity index (χ0v) is 7.35. The Hall–Kier alpha value is -0.430. The van der Waals surface area contributed by atoms with E-state index >= 15 is 0 Å². The van der Waals surface area contributed by atoms with Crippen LogP contribution in [0.15, 0.2) is 24.3 Å². The maximum absolute atomic E-state index is 4.49. The van der Waals surface area contributed by atoms with Gasteiger partial charge in [0.05, 0.1) is 0 Å². The number of hydrogen-bond acceptors (Lipinski definition) is 1. The summed E-state index contributed by atoms with van der Waals surface area (Å²) >= 11 is 4.49. The topological polar surface area (TPSA) is 0 Å². The maximum atomic E-state index is 4.49. The Labute approximate surface area is 73.0 Å². The first-order valence-electron chi connectivity index (χ1n) is 4.11. The van der Waals surface area contributed by atoms with E-state index in [4.69, 9.17) is 0 Å². The zero-order valence-electron chi connectivity index (χ0n) is 6.46. The van der Waals surface area contributed by atoms with Crippen molar-refractivity contribution >= 4 is 12.6 Å². The Morgan fingerprint density at radius 3 is 2.73 bits per heavy atom. The minimum Gasteiger partial charge on any atom is -0.176 e. The first kappa shape index (κ1) is 7.23. The first-order valence-corrected chi connectivity index (χ1v) is 4.63. The fourth-order valence-electron chi connectivity index (χ4n) is 1.68. The number of fused-ring (bicyclic) bond motifs is 1. The minimum atomic E-state index is 0.588. The standard InChI is InChI=1S/C10H12S/c11-10-6-5-8-3-1-2-4-9(8)7-10/h1-4,10-11H,5-7H2/t10-/m1/s1. The minimum absolute atomic E-state index is 0.588. The molecule has 0 unspecified atom stereocenters. The highest BCUT2D eigenvalue weighted by Crippen LogP contribution is 2.23. The van der Waals surface area contributed by atoms with Crippen molar-refractivity contribution in [1.82, 2.24) is 0 Å². The molecule has 1 aliphatic carbocycles. The molecule has 1 aromatic carbocycles. The van der Waals surface area contributed by atoms with Crippen molar-refractivity contribution in [3.8, 4) is 0 Å². The third-order valence-electron chi connectivity index (χ3n) is 2.32. The lowest BCUT2D eigenvalue weighted by Crippen LogP contribution is -2.13. The maximum Gasteiger partial charge on any atom is 0.00604 e. The lowest BCUT2D eigenvalue weighted by Gasteiger charge is -2.19. The van der Waals surface area contributed by atoms with Crippen molar-refractivity contribution < 1.29 is 0 Å². The van der Waals surface area contributed by atoms with Crippen LogP contribution in [0, 0.1) is 0 Å². The van der Waals surface area contributed by atoms with Crippen LogP contribution in [0.3, 0.4) is 0 Å². The number of thiol groups is 1. The Bertz CT molecular complexity index is 255. The largest absolute Gasteiger partial charge is 0.176 e. The van der Waals surface area contributed by atoms with Crippen molar-refractivity contribution in [2.75, 3.05) is 0 Å². The summed E-state index contributed by atoms with van der Waals surface area (Å²) in [4.78, 5) is 0. The van der Waals surface area contributed by atoms with Gasteiger partial charge in [0.2, 0.25) is 0 Å². The van der Waals surface area contributed by atoms with E-state index in [0.29, 0.717) is 5.25 Å². The summed E-state index contributed by atoms with van der Waals surface area (Å²) in [5.41, 5.74) is 3.02. The molecule has 2 rings (SSSR count). The summed E-state index contributed by atoms with van der Waals surface area (Å²) in [5, 5.41) is 0.588. The highest BCUT2D eigenvalue weighted by atomic mass is 32.1. The smallest absolute Gasteiger partial charge is 0.00604 e. The molecule has 0 spiro atoms. The molecule has 0 nitrogen and oxygen atoms in total. The van der Waals surface area contributed by atoms with Gasteiger partial charge in [-0.25, -0.2) is 0 Å². The van der Waals surface area contributed by atoms with Crippen LogP contribution in [0.5, 0.6) is 0 Å². The number of aryl methyl sites for hydroxylation is 1. The molecule has 0 aromatic heterocycles. The van der Waals surface area contributed by atoms with Crippen molar-refractivity contribution in [1.29, 1.82) is 0 Å². The fraction of sp³-hybridized carbons (Fsp3) is 0.400. The molecule has 0 N–H and O–H groups in total. The van der Waals surface area contributed by atoms with Crippen LogP contribution in [0.25, 0.3) is 0 Å². The van der Waals surface area contributed by atoms with Crippen LogP contribution in [-0.2, 0) is 12.8 Å².